The molecule has 1 aliphatic rings. The summed E-state index contributed by atoms with van der Waals surface area (Å²) in [7, 11) is 0. The molecule has 2 aromatic carbocycles. The number of allylic oxidation sites excluding steroid dienone is 1. The number of morpholine rings is 1. The number of hydrogen-bond donors (Lipinski definition) is 0. The van der Waals surface area contributed by atoms with E-state index in [4.69, 9.17) is 4.74 Å². The van der Waals surface area contributed by atoms with Crippen LogP contribution in [0.3, 0.4) is 0 Å². The molecule has 0 N–H and O–H groups in total. The van der Waals surface area contributed by atoms with Crippen LogP contribution in [0.25, 0.3) is 17.3 Å². The number of nitrogens with zero attached hydrogens (tertiary/aromatic N) is 5. The van der Waals surface area contributed by atoms with Crippen molar-refractivity contribution in [2.24, 2.45) is 0 Å². The Kier molecular flexibility index (Phi) is 5.13. The van der Waals surface area contributed by atoms with Crippen molar-refractivity contribution >= 4 is 17.6 Å². The highest BCUT2D eigenvalue weighted by Gasteiger charge is 2.23. The maximum absolute atomic E-state index is 14.1. The molecular weight excluding hydrogens is 357 g/mol. The van der Waals surface area contributed by atoms with E-state index in [0.717, 1.165) is 5.69 Å². The van der Waals surface area contributed by atoms with Gasteiger partial charge in [-0.3, -0.25) is 4.57 Å². The second-order valence-corrected chi connectivity index (χ2v) is 6.29. The third-order valence-corrected chi connectivity index (χ3v) is 4.52. The molecule has 6 nitrogen and oxygen atoms in total. The van der Waals surface area contributed by atoms with Crippen molar-refractivity contribution in [3.05, 3.63) is 71.8 Å². The van der Waals surface area contributed by atoms with E-state index in [1.54, 1.807) is 18.2 Å². The van der Waals surface area contributed by atoms with Crippen LogP contribution in [0.1, 0.15) is 11.4 Å². The van der Waals surface area contributed by atoms with Crippen LogP contribution in [0.5, 0.6) is 0 Å². The molecule has 0 atom stereocenters. The zero-order valence-corrected chi connectivity index (χ0v) is 15.1. The predicted octanol–water partition coefficient (Wildman–Crippen LogP) is 3.31. The van der Waals surface area contributed by atoms with E-state index in [1.165, 1.54) is 12.1 Å². The van der Waals surface area contributed by atoms with Gasteiger partial charge in [0.2, 0.25) is 5.95 Å². The number of nitriles is 1. The lowest BCUT2D eigenvalue weighted by Crippen LogP contribution is -2.38. The van der Waals surface area contributed by atoms with Crippen LogP contribution >= 0.6 is 0 Å². The Labute approximate surface area is 162 Å². The van der Waals surface area contributed by atoms with E-state index >= 15 is 0 Å². The topological polar surface area (TPSA) is 67.0 Å². The quantitative estimate of drug-likeness (QED) is 0.655. The van der Waals surface area contributed by atoms with Crippen LogP contribution in [-0.4, -0.2) is 41.1 Å². The first-order valence-corrected chi connectivity index (χ1v) is 8.98. The third-order valence-electron chi connectivity index (χ3n) is 4.52. The Morgan fingerprint density at radius 3 is 2.46 bits per heavy atom. The number of benzene rings is 2. The highest BCUT2D eigenvalue weighted by Crippen LogP contribution is 2.26. The molecule has 3 aromatic rings. The summed E-state index contributed by atoms with van der Waals surface area (Å²) in [6.07, 6.45) is 1.50. The van der Waals surface area contributed by atoms with Crippen molar-refractivity contribution < 1.29 is 9.13 Å². The average molecular weight is 375 g/mol. The fourth-order valence-electron chi connectivity index (χ4n) is 3.13. The lowest BCUT2D eigenvalue weighted by Gasteiger charge is -2.28. The smallest absolute Gasteiger partial charge is 0.232 e. The van der Waals surface area contributed by atoms with Gasteiger partial charge in [-0.2, -0.15) is 5.26 Å². The normalized spacial score (nSPS) is 14.7. The molecule has 4 rings (SSSR count). The summed E-state index contributed by atoms with van der Waals surface area (Å²) >= 11 is 0. The van der Waals surface area contributed by atoms with Gasteiger partial charge in [0.1, 0.15) is 11.9 Å². The summed E-state index contributed by atoms with van der Waals surface area (Å²) in [6.45, 7) is 2.58. The first-order chi connectivity index (χ1) is 13.8. The second-order valence-electron chi connectivity index (χ2n) is 6.29. The molecule has 0 amide bonds. The van der Waals surface area contributed by atoms with Crippen molar-refractivity contribution in [1.82, 2.24) is 14.8 Å². The minimum Gasteiger partial charge on any atom is -0.378 e. The van der Waals surface area contributed by atoms with Crippen molar-refractivity contribution in [2.45, 2.75) is 0 Å². The molecule has 0 aliphatic carbocycles. The van der Waals surface area contributed by atoms with Gasteiger partial charge in [-0.25, -0.2) is 4.39 Å². The van der Waals surface area contributed by atoms with Crippen LogP contribution in [0.4, 0.5) is 10.3 Å². The number of aromatic nitrogens is 3. The number of halogens is 1. The second kappa shape index (κ2) is 8.03. The van der Waals surface area contributed by atoms with Gasteiger partial charge in [-0.05, 0) is 24.3 Å². The fraction of sp³-hybridized carbons (Fsp3) is 0.190. The molecule has 0 bridgehead atoms. The number of para-hydroxylation sites is 1. The number of ether oxygens (including phenoxy) is 1. The Bertz CT molecular complexity index is 1030. The molecular formula is C21H18FN5O. The van der Waals surface area contributed by atoms with E-state index in [9.17, 15) is 9.65 Å². The summed E-state index contributed by atoms with van der Waals surface area (Å²) < 4.78 is 21.4. The lowest BCUT2D eigenvalue weighted by molar-refractivity contribution is 0.122. The predicted molar refractivity (Wildman–Crippen MR) is 104 cm³/mol. The molecule has 140 valence electrons. The van der Waals surface area contributed by atoms with Crippen molar-refractivity contribution in [3.63, 3.8) is 0 Å². The van der Waals surface area contributed by atoms with Crippen LogP contribution in [-0.2, 0) is 4.74 Å². The van der Waals surface area contributed by atoms with Gasteiger partial charge in [0.15, 0.2) is 5.82 Å². The van der Waals surface area contributed by atoms with Gasteiger partial charge < -0.3 is 9.64 Å². The molecule has 0 saturated carbocycles. The van der Waals surface area contributed by atoms with Crippen molar-refractivity contribution in [1.29, 1.82) is 5.26 Å². The first kappa shape index (κ1) is 17.9. The summed E-state index contributed by atoms with van der Waals surface area (Å²) in [5, 5.41) is 18.4. The minimum atomic E-state index is -0.394. The Morgan fingerprint density at radius 1 is 1.04 bits per heavy atom. The molecule has 1 fully saturated rings. The Balaban J connectivity index is 1.85. The van der Waals surface area contributed by atoms with Gasteiger partial charge in [0.25, 0.3) is 0 Å². The van der Waals surface area contributed by atoms with Gasteiger partial charge in [-0.1, -0.05) is 36.4 Å². The largest absolute Gasteiger partial charge is 0.378 e. The number of rotatable bonds is 4. The molecule has 1 aromatic heterocycles. The molecule has 0 spiro atoms. The Hall–Kier alpha value is -3.50. The van der Waals surface area contributed by atoms with E-state index in [1.807, 2.05) is 34.9 Å². The fourth-order valence-corrected chi connectivity index (χ4v) is 3.13. The molecule has 0 radical (unpaired) electrons. The molecule has 28 heavy (non-hydrogen) atoms. The van der Waals surface area contributed by atoms with Crippen LogP contribution < -0.4 is 4.90 Å². The number of hydrogen-bond acceptors (Lipinski definition) is 5. The SMILES string of the molecule is N#C/C(=C\c1ccccc1F)c1nnc(N2CCOCC2)n1-c1ccccc1. The van der Waals surface area contributed by atoms with Crippen molar-refractivity contribution in [3.8, 4) is 11.8 Å². The standard InChI is InChI=1S/C21H18FN5O/c22-19-9-5-4-6-16(19)14-17(15-23)20-24-25-21(26-10-12-28-13-11-26)27(20)18-7-2-1-3-8-18/h1-9,14H,10-13H2/b17-14+. The average Bonchev–Trinajstić information content (AvgIpc) is 3.19. The van der Waals surface area contributed by atoms with Gasteiger partial charge >= 0.3 is 0 Å². The summed E-state index contributed by atoms with van der Waals surface area (Å²) in [5.74, 6) is 0.618. The van der Waals surface area contributed by atoms with Gasteiger partial charge in [0, 0.05) is 18.7 Å². The summed E-state index contributed by atoms with van der Waals surface area (Å²) in [5.41, 5.74) is 1.40. The van der Waals surface area contributed by atoms with E-state index in [-0.39, 0.29) is 5.57 Å². The molecule has 1 saturated heterocycles. The maximum Gasteiger partial charge on any atom is 0.232 e. The van der Waals surface area contributed by atoms with Crippen LogP contribution in [0.2, 0.25) is 0 Å². The highest BCUT2D eigenvalue weighted by atomic mass is 19.1. The molecule has 7 heteroatoms. The van der Waals surface area contributed by atoms with Crippen LogP contribution in [0.15, 0.2) is 54.6 Å². The van der Waals surface area contributed by atoms with Gasteiger partial charge in [-0.15, -0.1) is 10.2 Å². The van der Waals surface area contributed by atoms with Gasteiger partial charge in [0.05, 0.1) is 24.5 Å². The highest BCUT2D eigenvalue weighted by molar-refractivity contribution is 5.88. The number of anilines is 1. The van der Waals surface area contributed by atoms with Crippen LogP contribution in [0, 0.1) is 17.1 Å². The zero-order chi connectivity index (χ0) is 19.3. The lowest BCUT2D eigenvalue weighted by atomic mass is 10.1. The first-order valence-electron chi connectivity index (χ1n) is 8.98. The Morgan fingerprint density at radius 2 is 1.75 bits per heavy atom. The zero-order valence-electron chi connectivity index (χ0n) is 15.1. The van der Waals surface area contributed by atoms with E-state index in [0.29, 0.717) is 43.6 Å². The maximum atomic E-state index is 14.1. The summed E-state index contributed by atoms with van der Waals surface area (Å²) in [6, 6.07) is 18.1. The monoisotopic (exact) mass is 375 g/mol. The van der Waals surface area contributed by atoms with E-state index < -0.39 is 5.82 Å². The third kappa shape index (κ3) is 3.50. The summed E-state index contributed by atoms with van der Waals surface area (Å²) in [4.78, 5) is 2.07. The van der Waals surface area contributed by atoms with Crippen molar-refractivity contribution in [2.75, 3.05) is 31.2 Å². The molecule has 2 heterocycles. The molecule has 1 aliphatic heterocycles. The van der Waals surface area contributed by atoms with E-state index in [2.05, 4.69) is 21.2 Å². The molecule has 0 unspecified atom stereocenters. The minimum absolute atomic E-state index is 0.237.